The van der Waals surface area contributed by atoms with Gasteiger partial charge in [0.25, 0.3) is 0 Å². The molecule has 0 unspecified atom stereocenters. The van der Waals surface area contributed by atoms with Crippen molar-refractivity contribution in [3.05, 3.63) is 77.9 Å². The highest BCUT2D eigenvalue weighted by Crippen LogP contribution is 2.24. The molecule has 3 aromatic carbocycles. The molecule has 3 aromatic rings. The van der Waals surface area contributed by atoms with E-state index >= 15 is 0 Å². The average molecular weight is 318 g/mol. The van der Waals surface area contributed by atoms with E-state index in [-0.39, 0.29) is 11.9 Å². The number of hydrogen-bond acceptors (Lipinski definition) is 2. The lowest BCUT2D eigenvalue weighted by atomic mass is 9.99. The molecule has 3 nitrogen and oxygen atoms in total. The van der Waals surface area contributed by atoms with Crippen LogP contribution in [0.15, 0.2) is 66.7 Å². The quantitative estimate of drug-likeness (QED) is 0.719. The third kappa shape index (κ3) is 3.81. The first kappa shape index (κ1) is 16.2. The summed E-state index contributed by atoms with van der Waals surface area (Å²) in [5.74, 6) is -0.0505. The van der Waals surface area contributed by atoms with Crippen LogP contribution in [0.5, 0.6) is 0 Å². The molecule has 2 N–H and O–H groups in total. The van der Waals surface area contributed by atoms with Crippen molar-refractivity contribution in [2.75, 3.05) is 5.32 Å². The Morgan fingerprint density at radius 2 is 1.67 bits per heavy atom. The van der Waals surface area contributed by atoms with E-state index in [1.165, 1.54) is 28.8 Å². The van der Waals surface area contributed by atoms with E-state index in [1.807, 2.05) is 24.3 Å². The molecule has 1 atom stereocenters. The van der Waals surface area contributed by atoms with Crippen LogP contribution in [0.3, 0.4) is 0 Å². The van der Waals surface area contributed by atoms with Crippen LogP contribution in [0.4, 0.5) is 5.69 Å². The highest BCUT2D eigenvalue weighted by Gasteiger charge is 2.08. The molecule has 0 radical (unpaired) electrons. The van der Waals surface area contributed by atoms with E-state index < -0.39 is 0 Å². The Hall–Kier alpha value is -2.65. The monoisotopic (exact) mass is 318 g/mol. The molecule has 0 bridgehead atoms. The number of carbonyl (C=O) groups is 1. The van der Waals surface area contributed by atoms with Gasteiger partial charge in [0.1, 0.15) is 0 Å². The minimum absolute atomic E-state index is 0.0505. The molecule has 0 saturated heterocycles. The topological polar surface area (TPSA) is 41.1 Å². The van der Waals surface area contributed by atoms with Crippen molar-refractivity contribution in [2.24, 2.45) is 0 Å². The number of nitrogens with one attached hydrogen (secondary N) is 2. The van der Waals surface area contributed by atoms with E-state index in [0.717, 1.165) is 12.2 Å². The number of rotatable bonds is 5. The smallest absolute Gasteiger partial charge is 0.221 e. The van der Waals surface area contributed by atoms with E-state index in [1.54, 1.807) is 0 Å². The molecular weight excluding hydrogens is 296 g/mol. The first-order chi connectivity index (χ1) is 11.6. The van der Waals surface area contributed by atoms with Gasteiger partial charge in [0.2, 0.25) is 5.91 Å². The van der Waals surface area contributed by atoms with Crippen molar-refractivity contribution >= 4 is 22.4 Å². The van der Waals surface area contributed by atoms with Crippen LogP contribution in [-0.4, -0.2) is 5.91 Å². The minimum Gasteiger partial charge on any atom is -0.326 e. The summed E-state index contributed by atoms with van der Waals surface area (Å²) in [4.78, 5) is 11.1. The molecule has 3 heteroatoms. The van der Waals surface area contributed by atoms with Crippen molar-refractivity contribution in [2.45, 2.75) is 26.4 Å². The van der Waals surface area contributed by atoms with Crippen molar-refractivity contribution in [3.63, 3.8) is 0 Å². The second kappa shape index (κ2) is 7.28. The zero-order valence-corrected chi connectivity index (χ0v) is 14.0. The van der Waals surface area contributed by atoms with E-state index in [4.69, 9.17) is 0 Å². The second-order valence-electron chi connectivity index (χ2n) is 6.05. The lowest BCUT2D eigenvalue weighted by molar-refractivity contribution is -0.114. The fraction of sp³-hybridized carbons (Fsp3) is 0.190. The average Bonchev–Trinajstić information content (AvgIpc) is 2.60. The lowest BCUT2D eigenvalue weighted by Crippen LogP contribution is -2.18. The van der Waals surface area contributed by atoms with Gasteiger partial charge in [-0.1, -0.05) is 54.6 Å². The predicted octanol–water partition coefficient (Wildman–Crippen LogP) is 4.65. The van der Waals surface area contributed by atoms with Gasteiger partial charge >= 0.3 is 0 Å². The molecule has 24 heavy (non-hydrogen) atoms. The van der Waals surface area contributed by atoms with E-state index in [0.29, 0.717) is 0 Å². The molecular formula is C21H22N2O. The summed E-state index contributed by atoms with van der Waals surface area (Å²) in [6.07, 6.45) is 0. The third-order valence-electron chi connectivity index (χ3n) is 4.18. The minimum atomic E-state index is -0.0505. The maximum absolute atomic E-state index is 11.1. The van der Waals surface area contributed by atoms with Gasteiger partial charge in [0, 0.05) is 25.2 Å². The maximum Gasteiger partial charge on any atom is 0.221 e. The van der Waals surface area contributed by atoms with Crippen LogP contribution in [0.2, 0.25) is 0 Å². The first-order valence-electron chi connectivity index (χ1n) is 8.21. The fourth-order valence-corrected chi connectivity index (χ4v) is 2.92. The van der Waals surface area contributed by atoms with Gasteiger partial charge in [-0.2, -0.15) is 0 Å². The Labute approximate surface area is 142 Å². The lowest BCUT2D eigenvalue weighted by Gasteiger charge is -2.17. The number of fused-ring (bicyclic) bond motifs is 1. The highest BCUT2D eigenvalue weighted by atomic mass is 16.1. The van der Waals surface area contributed by atoms with Crippen molar-refractivity contribution in [1.82, 2.24) is 5.32 Å². The molecule has 0 heterocycles. The molecule has 0 aliphatic carbocycles. The van der Waals surface area contributed by atoms with Gasteiger partial charge in [-0.05, 0) is 41.0 Å². The van der Waals surface area contributed by atoms with Gasteiger partial charge < -0.3 is 10.6 Å². The summed E-state index contributed by atoms with van der Waals surface area (Å²) in [7, 11) is 0. The van der Waals surface area contributed by atoms with Crippen molar-refractivity contribution in [1.29, 1.82) is 0 Å². The molecule has 0 fully saturated rings. The largest absolute Gasteiger partial charge is 0.326 e. The van der Waals surface area contributed by atoms with Crippen LogP contribution < -0.4 is 10.6 Å². The van der Waals surface area contributed by atoms with E-state index in [9.17, 15) is 4.79 Å². The number of amides is 1. The second-order valence-corrected chi connectivity index (χ2v) is 6.05. The molecule has 0 saturated carbocycles. The number of benzene rings is 3. The van der Waals surface area contributed by atoms with Crippen LogP contribution in [0.25, 0.3) is 10.8 Å². The SMILES string of the molecule is CC(=O)Nc1ccc(CN[C@@H](C)c2cccc3ccccc23)cc1. The molecule has 0 spiro atoms. The van der Waals surface area contributed by atoms with Gasteiger partial charge in [0.05, 0.1) is 0 Å². The Bertz CT molecular complexity index is 835. The Morgan fingerprint density at radius 1 is 0.958 bits per heavy atom. The summed E-state index contributed by atoms with van der Waals surface area (Å²) in [5, 5.41) is 8.92. The van der Waals surface area contributed by atoms with Crippen LogP contribution in [0, 0.1) is 0 Å². The normalized spacial score (nSPS) is 12.1. The van der Waals surface area contributed by atoms with Crippen LogP contribution in [-0.2, 0) is 11.3 Å². The first-order valence-corrected chi connectivity index (χ1v) is 8.21. The third-order valence-corrected chi connectivity index (χ3v) is 4.18. The van der Waals surface area contributed by atoms with Crippen LogP contribution >= 0.6 is 0 Å². The molecule has 1 amide bonds. The number of carbonyl (C=O) groups excluding carboxylic acids is 1. The number of hydrogen-bond donors (Lipinski definition) is 2. The Balaban J connectivity index is 1.68. The van der Waals surface area contributed by atoms with Crippen molar-refractivity contribution in [3.8, 4) is 0 Å². The fourth-order valence-electron chi connectivity index (χ4n) is 2.92. The Kier molecular flexibility index (Phi) is 4.92. The summed E-state index contributed by atoms with van der Waals surface area (Å²) in [6, 6.07) is 23.1. The molecule has 0 aliphatic heterocycles. The predicted molar refractivity (Wildman–Crippen MR) is 99.9 cm³/mol. The molecule has 122 valence electrons. The summed E-state index contributed by atoms with van der Waals surface area (Å²) < 4.78 is 0. The van der Waals surface area contributed by atoms with Crippen molar-refractivity contribution < 1.29 is 4.79 Å². The summed E-state index contributed by atoms with van der Waals surface area (Å²) >= 11 is 0. The standard InChI is InChI=1S/C21H22N2O/c1-15(20-9-5-7-18-6-3-4-8-21(18)20)22-14-17-10-12-19(13-11-17)23-16(2)24/h3-13,15,22H,14H2,1-2H3,(H,23,24)/t15-/m0/s1. The van der Waals surface area contributed by atoms with E-state index in [2.05, 4.69) is 60.0 Å². The zero-order chi connectivity index (χ0) is 16.9. The van der Waals surface area contributed by atoms with Gasteiger partial charge in [-0.15, -0.1) is 0 Å². The maximum atomic E-state index is 11.1. The summed E-state index contributed by atoms with van der Waals surface area (Å²) in [5.41, 5.74) is 3.33. The number of anilines is 1. The van der Waals surface area contributed by atoms with Gasteiger partial charge in [-0.25, -0.2) is 0 Å². The molecule has 3 rings (SSSR count). The zero-order valence-electron chi connectivity index (χ0n) is 14.0. The highest BCUT2D eigenvalue weighted by molar-refractivity contribution is 5.88. The Morgan fingerprint density at radius 3 is 2.42 bits per heavy atom. The van der Waals surface area contributed by atoms with Gasteiger partial charge in [-0.3, -0.25) is 4.79 Å². The summed E-state index contributed by atoms with van der Waals surface area (Å²) in [6.45, 7) is 4.49. The van der Waals surface area contributed by atoms with Gasteiger partial charge in [0.15, 0.2) is 0 Å². The molecule has 0 aliphatic rings. The van der Waals surface area contributed by atoms with Crippen LogP contribution in [0.1, 0.15) is 31.0 Å². The molecule has 0 aromatic heterocycles.